The molecule has 1 aliphatic rings. The van der Waals surface area contributed by atoms with Gasteiger partial charge in [-0.25, -0.2) is 0 Å². The van der Waals surface area contributed by atoms with Crippen molar-refractivity contribution in [3.8, 4) is 5.75 Å². The Kier molecular flexibility index (Phi) is 5.93. The highest BCUT2D eigenvalue weighted by Crippen LogP contribution is 2.26. The molecule has 1 fully saturated rings. The van der Waals surface area contributed by atoms with Gasteiger partial charge in [-0.3, -0.25) is 9.59 Å². The topological polar surface area (TPSA) is 58.6 Å². The zero-order chi connectivity index (χ0) is 18.5. The van der Waals surface area contributed by atoms with Crippen molar-refractivity contribution in [1.82, 2.24) is 4.90 Å². The van der Waals surface area contributed by atoms with E-state index in [4.69, 9.17) is 4.74 Å². The van der Waals surface area contributed by atoms with E-state index in [0.717, 1.165) is 30.4 Å². The first kappa shape index (κ1) is 18.5. The van der Waals surface area contributed by atoms with Crippen LogP contribution in [0.15, 0.2) is 46.9 Å². The zero-order valence-corrected chi connectivity index (χ0v) is 16.2. The zero-order valence-electron chi connectivity index (χ0n) is 14.6. The minimum Gasteiger partial charge on any atom is -0.493 e. The molecule has 1 aliphatic heterocycles. The molecule has 2 amide bonds. The summed E-state index contributed by atoms with van der Waals surface area (Å²) in [5, 5.41) is 2.85. The van der Waals surface area contributed by atoms with Crippen molar-refractivity contribution < 1.29 is 14.3 Å². The van der Waals surface area contributed by atoms with Crippen LogP contribution in [0.1, 0.15) is 40.5 Å². The van der Waals surface area contributed by atoms with Crippen LogP contribution < -0.4 is 10.1 Å². The number of nitrogens with one attached hydrogen (secondary N) is 1. The van der Waals surface area contributed by atoms with Gasteiger partial charge in [0.25, 0.3) is 11.8 Å². The lowest BCUT2D eigenvalue weighted by atomic mass is 10.1. The molecule has 0 bridgehead atoms. The van der Waals surface area contributed by atoms with E-state index < -0.39 is 0 Å². The number of ether oxygens (including phenoxy) is 1. The Morgan fingerprint density at radius 2 is 1.88 bits per heavy atom. The van der Waals surface area contributed by atoms with E-state index in [1.807, 2.05) is 11.8 Å². The maximum absolute atomic E-state index is 12.5. The van der Waals surface area contributed by atoms with Crippen LogP contribution in [0, 0.1) is 0 Å². The number of halogens is 1. The highest BCUT2D eigenvalue weighted by molar-refractivity contribution is 9.10. The third-order valence-electron chi connectivity index (χ3n) is 4.25. The average Bonchev–Trinajstić information content (AvgIpc) is 3.18. The third kappa shape index (κ3) is 4.25. The lowest BCUT2D eigenvalue weighted by Crippen LogP contribution is -2.27. The Hall–Kier alpha value is -2.34. The molecule has 5 nitrogen and oxygen atoms in total. The fraction of sp³-hybridized carbons (Fsp3) is 0.300. The largest absolute Gasteiger partial charge is 0.493 e. The minimum atomic E-state index is -0.237. The van der Waals surface area contributed by atoms with E-state index in [-0.39, 0.29) is 11.8 Å². The fourth-order valence-electron chi connectivity index (χ4n) is 2.95. The van der Waals surface area contributed by atoms with Crippen LogP contribution >= 0.6 is 15.9 Å². The summed E-state index contributed by atoms with van der Waals surface area (Å²) in [4.78, 5) is 26.8. The van der Waals surface area contributed by atoms with Crippen molar-refractivity contribution in [2.45, 2.75) is 19.8 Å². The van der Waals surface area contributed by atoms with Crippen LogP contribution in [-0.2, 0) is 0 Å². The molecule has 0 atom stereocenters. The molecule has 0 spiro atoms. The van der Waals surface area contributed by atoms with Gasteiger partial charge >= 0.3 is 0 Å². The van der Waals surface area contributed by atoms with Gasteiger partial charge in [0.15, 0.2) is 0 Å². The molecule has 0 aliphatic carbocycles. The monoisotopic (exact) mass is 416 g/mol. The van der Waals surface area contributed by atoms with Gasteiger partial charge in [-0.1, -0.05) is 6.07 Å². The molecule has 2 aromatic carbocycles. The summed E-state index contributed by atoms with van der Waals surface area (Å²) in [7, 11) is 0. The Balaban J connectivity index is 1.72. The summed E-state index contributed by atoms with van der Waals surface area (Å²) < 4.78 is 6.19. The quantitative estimate of drug-likeness (QED) is 0.788. The van der Waals surface area contributed by atoms with Gasteiger partial charge in [0.1, 0.15) is 5.75 Å². The van der Waals surface area contributed by atoms with Crippen LogP contribution in [0.4, 0.5) is 5.69 Å². The number of hydrogen-bond acceptors (Lipinski definition) is 3. The molecule has 0 radical (unpaired) electrons. The average molecular weight is 417 g/mol. The molecule has 136 valence electrons. The highest BCUT2D eigenvalue weighted by atomic mass is 79.9. The standard InChI is InChI=1S/C20H21BrN2O3/c1-2-26-18-9-8-14(13-17(18)21)19(24)22-16-7-5-6-15(12-16)20(25)23-10-3-4-11-23/h5-9,12-13H,2-4,10-11H2,1H3,(H,22,24). The Bertz CT molecular complexity index is 816. The SMILES string of the molecule is CCOc1ccc(C(=O)Nc2cccc(C(=O)N3CCCC3)c2)cc1Br. The van der Waals surface area contributed by atoms with Crippen molar-refractivity contribution in [3.05, 3.63) is 58.1 Å². The molecular weight excluding hydrogens is 396 g/mol. The first-order valence-corrected chi connectivity index (χ1v) is 9.51. The Morgan fingerprint density at radius 3 is 2.58 bits per heavy atom. The number of nitrogens with zero attached hydrogens (tertiary/aromatic N) is 1. The van der Waals surface area contributed by atoms with E-state index >= 15 is 0 Å². The van der Waals surface area contributed by atoms with Crippen LogP contribution in [0.25, 0.3) is 0 Å². The molecule has 1 saturated heterocycles. The van der Waals surface area contributed by atoms with E-state index in [0.29, 0.717) is 29.2 Å². The number of rotatable bonds is 5. The van der Waals surface area contributed by atoms with Gasteiger partial charge in [-0.2, -0.15) is 0 Å². The second-order valence-electron chi connectivity index (χ2n) is 6.11. The second kappa shape index (κ2) is 8.36. The molecule has 1 N–H and O–H groups in total. The summed E-state index contributed by atoms with van der Waals surface area (Å²) in [6.07, 6.45) is 2.10. The van der Waals surface area contributed by atoms with E-state index in [2.05, 4.69) is 21.2 Å². The highest BCUT2D eigenvalue weighted by Gasteiger charge is 2.19. The van der Waals surface area contributed by atoms with Crippen molar-refractivity contribution >= 4 is 33.4 Å². The smallest absolute Gasteiger partial charge is 0.255 e. The van der Waals surface area contributed by atoms with Gasteiger partial charge in [-0.05, 0) is 72.1 Å². The first-order chi connectivity index (χ1) is 12.6. The van der Waals surface area contributed by atoms with Gasteiger partial charge in [0, 0.05) is 29.9 Å². The summed E-state index contributed by atoms with van der Waals surface area (Å²) in [5.41, 5.74) is 1.71. The van der Waals surface area contributed by atoms with Crippen LogP contribution in [0.5, 0.6) is 5.75 Å². The lowest BCUT2D eigenvalue weighted by Gasteiger charge is -2.16. The van der Waals surface area contributed by atoms with Crippen molar-refractivity contribution in [1.29, 1.82) is 0 Å². The number of anilines is 1. The van der Waals surface area contributed by atoms with Gasteiger partial charge in [0.05, 0.1) is 11.1 Å². The fourth-order valence-corrected chi connectivity index (χ4v) is 3.44. The minimum absolute atomic E-state index is 0.0161. The Labute approximate surface area is 161 Å². The van der Waals surface area contributed by atoms with Crippen LogP contribution in [0.3, 0.4) is 0 Å². The predicted octanol–water partition coefficient (Wildman–Crippen LogP) is 4.34. The summed E-state index contributed by atoms with van der Waals surface area (Å²) >= 11 is 3.42. The molecule has 26 heavy (non-hydrogen) atoms. The van der Waals surface area contributed by atoms with Crippen molar-refractivity contribution in [2.75, 3.05) is 25.0 Å². The van der Waals surface area contributed by atoms with Crippen LogP contribution in [-0.4, -0.2) is 36.4 Å². The van der Waals surface area contributed by atoms with Crippen molar-refractivity contribution in [3.63, 3.8) is 0 Å². The van der Waals surface area contributed by atoms with E-state index in [1.54, 1.807) is 42.5 Å². The number of likely N-dealkylation sites (tertiary alicyclic amines) is 1. The van der Waals surface area contributed by atoms with Gasteiger partial charge < -0.3 is 15.0 Å². The molecule has 6 heteroatoms. The van der Waals surface area contributed by atoms with E-state index in [1.165, 1.54) is 0 Å². The normalized spacial score (nSPS) is 13.5. The molecule has 0 saturated carbocycles. The second-order valence-corrected chi connectivity index (χ2v) is 6.97. The molecule has 2 aromatic rings. The Morgan fingerprint density at radius 1 is 1.12 bits per heavy atom. The molecular formula is C20H21BrN2O3. The molecule has 0 unspecified atom stereocenters. The number of amides is 2. The number of benzene rings is 2. The first-order valence-electron chi connectivity index (χ1n) is 8.71. The summed E-state index contributed by atoms with van der Waals surface area (Å²) in [6, 6.07) is 12.3. The number of carbonyl (C=O) groups is 2. The predicted molar refractivity (Wildman–Crippen MR) is 105 cm³/mol. The van der Waals surface area contributed by atoms with E-state index in [9.17, 15) is 9.59 Å². The van der Waals surface area contributed by atoms with Crippen molar-refractivity contribution in [2.24, 2.45) is 0 Å². The molecule has 3 rings (SSSR count). The summed E-state index contributed by atoms with van der Waals surface area (Å²) in [5.74, 6) is 0.476. The third-order valence-corrected chi connectivity index (χ3v) is 4.87. The summed E-state index contributed by atoms with van der Waals surface area (Å²) in [6.45, 7) is 4.07. The maximum atomic E-state index is 12.5. The maximum Gasteiger partial charge on any atom is 0.255 e. The van der Waals surface area contributed by atoms with Crippen LogP contribution in [0.2, 0.25) is 0 Å². The molecule has 0 aromatic heterocycles. The molecule has 1 heterocycles. The number of hydrogen-bond donors (Lipinski definition) is 1. The number of carbonyl (C=O) groups excluding carboxylic acids is 2. The van der Waals surface area contributed by atoms with Gasteiger partial charge in [-0.15, -0.1) is 0 Å². The lowest BCUT2D eigenvalue weighted by molar-refractivity contribution is 0.0792. The van der Waals surface area contributed by atoms with Gasteiger partial charge in [0.2, 0.25) is 0 Å².